The van der Waals surface area contributed by atoms with E-state index >= 15 is 0 Å². The Labute approximate surface area is 166 Å². The quantitative estimate of drug-likeness (QED) is 0.378. The van der Waals surface area contributed by atoms with Gasteiger partial charge in [-0.05, 0) is 17.7 Å². The van der Waals surface area contributed by atoms with Crippen molar-refractivity contribution in [2.75, 3.05) is 13.7 Å². The molecule has 0 aliphatic rings. The van der Waals surface area contributed by atoms with Crippen LogP contribution in [-0.2, 0) is 13.1 Å². The molecule has 6 nitrogen and oxygen atoms in total. The van der Waals surface area contributed by atoms with Crippen molar-refractivity contribution in [2.24, 2.45) is 4.99 Å². The zero-order valence-corrected chi connectivity index (χ0v) is 16.3. The number of guanidine groups is 1. The van der Waals surface area contributed by atoms with Gasteiger partial charge in [-0.2, -0.15) is 13.2 Å². The highest BCUT2D eigenvalue weighted by Crippen LogP contribution is 2.16. The van der Waals surface area contributed by atoms with Crippen LogP contribution >= 0.6 is 24.0 Å². The van der Waals surface area contributed by atoms with E-state index in [9.17, 15) is 13.2 Å². The minimum Gasteiger partial charge on any atom is -0.468 e. The van der Waals surface area contributed by atoms with Crippen LogP contribution in [0.4, 0.5) is 13.2 Å². The molecule has 10 heteroatoms. The molecule has 2 aromatic rings. The molecule has 0 bridgehead atoms. The summed E-state index contributed by atoms with van der Waals surface area (Å²) in [6.45, 7) is -0.431. The molecule has 0 fully saturated rings. The summed E-state index contributed by atoms with van der Waals surface area (Å²) in [5, 5.41) is 6.19. The average Bonchev–Trinajstić information content (AvgIpc) is 2.61. The fraction of sp³-hybridized carbons (Fsp3) is 0.312. The Morgan fingerprint density at radius 2 is 1.88 bits per heavy atom. The second kappa shape index (κ2) is 10.8. The summed E-state index contributed by atoms with van der Waals surface area (Å²) in [6.07, 6.45) is -1.22. The molecular formula is C16H19F3IN5O. The predicted molar refractivity (Wildman–Crippen MR) is 102 cm³/mol. The third-order valence-corrected chi connectivity index (χ3v) is 3.03. The van der Waals surface area contributed by atoms with Crippen molar-refractivity contribution in [3.8, 4) is 5.88 Å². The smallest absolute Gasteiger partial charge is 0.422 e. The molecule has 0 aliphatic heterocycles. The van der Waals surface area contributed by atoms with Crippen molar-refractivity contribution in [3.05, 3.63) is 54.0 Å². The van der Waals surface area contributed by atoms with E-state index in [-0.39, 0.29) is 29.9 Å². The first-order valence-electron chi connectivity index (χ1n) is 7.45. The number of nitrogens with one attached hydrogen (secondary N) is 2. The van der Waals surface area contributed by atoms with Gasteiger partial charge in [-0.25, -0.2) is 4.98 Å². The van der Waals surface area contributed by atoms with Crippen molar-refractivity contribution in [3.63, 3.8) is 0 Å². The van der Waals surface area contributed by atoms with Crippen LogP contribution in [0.25, 0.3) is 0 Å². The highest BCUT2D eigenvalue weighted by atomic mass is 127. The second-order valence-electron chi connectivity index (χ2n) is 5.01. The van der Waals surface area contributed by atoms with Crippen molar-refractivity contribution in [1.82, 2.24) is 20.6 Å². The molecule has 0 aromatic carbocycles. The summed E-state index contributed by atoms with van der Waals surface area (Å²) in [7, 11) is 1.64. The molecule has 0 unspecified atom stereocenters. The summed E-state index contributed by atoms with van der Waals surface area (Å²) in [5.74, 6) is 0.502. The van der Waals surface area contributed by atoms with Gasteiger partial charge in [-0.15, -0.1) is 24.0 Å². The number of aliphatic imine (C=N–C) groups is 1. The van der Waals surface area contributed by atoms with Crippen LogP contribution in [0.2, 0.25) is 0 Å². The Morgan fingerprint density at radius 3 is 2.46 bits per heavy atom. The molecule has 26 heavy (non-hydrogen) atoms. The number of nitrogens with zero attached hydrogens (tertiary/aromatic N) is 3. The fourth-order valence-corrected chi connectivity index (χ4v) is 1.84. The number of hydrogen-bond donors (Lipinski definition) is 2. The zero-order chi connectivity index (χ0) is 18.1. The van der Waals surface area contributed by atoms with E-state index in [2.05, 4.69) is 30.3 Å². The van der Waals surface area contributed by atoms with E-state index in [1.54, 1.807) is 19.3 Å². The third kappa shape index (κ3) is 8.32. The van der Waals surface area contributed by atoms with E-state index in [1.165, 1.54) is 12.3 Å². The van der Waals surface area contributed by atoms with Crippen LogP contribution in [0.3, 0.4) is 0 Å². The molecule has 2 rings (SSSR count). The SMILES string of the molecule is CN=C(NCc1ccc(OCC(F)(F)F)nc1)NCc1ccccn1.I. The van der Waals surface area contributed by atoms with Crippen LogP contribution in [0, 0.1) is 0 Å². The summed E-state index contributed by atoms with van der Waals surface area (Å²) < 4.78 is 40.8. The van der Waals surface area contributed by atoms with Crippen molar-refractivity contribution >= 4 is 29.9 Å². The number of aromatic nitrogens is 2. The van der Waals surface area contributed by atoms with Gasteiger partial charge in [0.1, 0.15) is 0 Å². The Morgan fingerprint density at radius 1 is 1.12 bits per heavy atom. The Balaban J connectivity index is 0.00000338. The molecule has 142 valence electrons. The molecule has 0 saturated carbocycles. The number of rotatable bonds is 6. The van der Waals surface area contributed by atoms with Crippen molar-refractivity contribution in [2.45, 2.75) is 19.3 Å². The van der Waals surface area contributed by atoms with Gasteiger partial charge in [0.15, 0.2) is 12.6 Å². The molecule has 2 aromatic heterocycles. The summed E-state index contributed by atoms with van der Waals surface area (Å²) in [4.78, 5) is 12.1. The van der Waals surface area contributed by atoms with Crippen LogP contribution in [0.15, 0.2) is 47.7 Å². The number of pyridine rings is 2. The summed E-state index contributed by atoms with van der Waals surface area (Å²) >= 11 is 0. The molecule has 0 radical (unpaired) electrons. The van der Waals surface area contributed by atoms with Gasteiger partial charge in [0.25, 0.3) is 0 Å². The minimum atomic E-state index is -4.38. The highest BCUT2D eigenvalue weighted by Gasteiger charge is 2.28. The molecule has 0 amide bonds. The standard InChI is InChI=1S/C16H18F3N5O.HI/c1-20-15(24-10-13-4-2-3-7-21-13)23-9-12-5-6-14(22-8-12)25-11-16(17,18)19;/h2-8H,9-11H2,1H3,(H2,20,23,24);1H. The second-order valence-corrected chi connectivity index (χ2v) is 5.01. The van der Waals surface area contributed by atoms with Gasteiger partial charge in [0.2, 0.25) is 5.88 Å². The van der Waals surface area contributed by atoms with Gasteiger partial charge in [0, 0.05) is 32.1 Å². The maximum Gasteiger partial charge on any atom is 0.422 e. The molecule has 2 N–H and O–H groups in total. The fourth-order valence-electron chi connectivity index (χ4n) is 1.84. The summed E-state index contributed by atoms with van der Waals surface area (Å²) in [6, 6.07) is 8.66. The first kappa shape index (κ1) is 21.9. The van der Waals surface area contributed by atoms with Gasteiger partial charge < -0.3 is 15.4 Å². The number of alkyl halides is 3. The maximum absolute atomic E-state index is 12.1. The van der Waals surface area contributed by atoms with E-state index in [4.69, 9.17) is 0 Å². The van der Waals surface area contributed by atoms with Crippen LogP contribution in [0.1, 0.15) is 11.3 Å². The van der Waals surface area contributed by atoms with Crippen LogP contribution in [0.5, 0.6) is 5.88 Å². The number of hydrogen-bond acceptors (Lipinski definition) is 4. The van der Waals surface area contributed by atoms with Crippen LogP contribution < -0.4 is 15.4 Å². The van der Waals surface area contributed by atoms with E-state index < -0.39 is 12.8 Å². The lowest BCUT2D eigenvalue weighted by atomic mass is 10.3. The lowest BCUT2D eigenvalue weighted by Crippen LogP contribution is -2.36. The predicted octanol–water partition coefficient (Wildman–Crippen LogP) is 2.90. The van der Waals surface area contributed by atoms with E-state index in [0.717, 1.165) is 11.3 Å². The van der Waals surface area contributed by atoms with Gasteiger partial charge in [-0.1, -0.05) is 12.1 Å². The Bertz CT molecular complexity index is 681. The van der Waals surface area contributed by atoms with Crippen LogP contribution in [-0.4, -0.2) is 35.8 Å². The molecule has 0 aliphatic carbocycles. The molecular weight excluding hydrogens is 462 g/mol. The minimum absolute atomic E-state index is 0. The normalized spacial score (nSPS) is 11.5. The largest absolute Gasteiger partial charge is 0.468 e. The molecule has 0 saturated heterocycles. The summed E-state index contributed by atoms with van der Waals surface area (Å²) in [5.41, 5.74) is 1.65. The van der Waals surface area contributed by atoms with Crippen molar-refractivity contribution in [1.29, 1.82) is 0 Å². The molecule has 0 spiro atoms. The van der Waals surface area contributed by atoms with E-state index in [0.29, 0.717) is 19.0 Å². The highest BCUT2D eigenvalue weighted by molar-refractivity contribution is 14.0. The first-order chi connectivity index (χ1) is 12.0. The molecule has 2 heterocycles. The topological polar surface area (TPSA) is 71.4 Å². The third-order valence-electron chi connectivity index (χ3n) is 3.03. The van der Waals surface area contributed by atoms with Crippen molar-refractivity contribution < 1.29 is 17.9 Å². The lowest BCUT2D eigenvalue weighted by Gasteiger charge is -2.12. The zero-order valence-electron chi connectivity index (χ0n) is 14.0. The number of halogens is 4. The molecule has 0 atom stereocenters. The van der Waals surface area contributed by atoms with E-state index in [1.807, 2.05) is 18.2 Å². The Kier molecular flexibility index (Phi) is 9.10. The Hall–Kier alpha value is -2.11. The number of ether oxygens (including phenoxy) is 1. The lowest BCUT2D eigenvalue weighted by molar-refractivity contribution is -0.154. The van der Waals surface area contributed by atoms with Gasteiger partial charge in [-0.3, -0.25) is 9.98 Å². The van der Waals surface area contributed by atoms with Gasteiger partial charge >= 0.3 is 6.18 Å². The van der Waals surface area contributed by atoms with Gasteiger partial charge in [0.05, 0.1) is 12.2 Å². The monoisotopic (exact) mass is 481 g/mol. The maximum atomic E-state index is 12.1. The first-order valence-corrected chi connectivity index (χ1v) is 7.45. The average molecular weight is 481 g/mol.